The number of nitrogens with one attached hydrogen (secondary N) is 2. The van der Waals surface area contributed by atoms with Gasteiger partial charge in [0.2, 0.25) is 11.8 Å². The number of hydrogen-bond acceptors (Lipinski definition) is 6. The Hall–Kier alpha value is -4.47. The number of carbonyl (C=O) groups is 4. The Labute approximate surface area is 246 Å². The van der Waals surface area contributed by atoms with Gasteiger partial charge in [-0.15, -0.1) is 23.1 Å². The molecular formula is C32H27N3O4S2. The van der Waals surface area contributed by atoms with Crippen LogP contribution < -0.4 is 15.5 Å². The van der Waals surface area contributed by atoms with Crippen molar-refractivity contribution in [3.63, 3.8) is 0 Å². The molecular weight excluding hydrogens is 555 g/mol. The zero-order valence-corrected chi connectivity index (χ0v) is 24.1. The summed E-state index contributed by atoms with van der Waals surface area (Å²) in [7, 11) is 0. The first-order valence-electron chi connectivity index (χ1n) is 12.9. The zero-order valence-electron chi connectivity index (χ0n) is 22.4. The van der Waals surface area contributed by atoms with Crippen molar-refractivity contribution in [2.45, 2.75) is 30.4 Å². The number of thiophene rings is 1. The van der Waals surface area contributed by atoms with E-state index in [9.17, 15) is 19.2 Å². The number of imide groups is 1. The van der Waals surface area contributed by atoms with Crippen LogP contribution in [0.25, 0.3) is 6.08 Å². The maximum Gasteiger partial charge on any atom is 0.272 e. The van der Waals surface area contributed by atoms with Gasteiger partial charge in [0.1, 0.15) is 5.70 Å². The van der Waals surface area contributed by atoms with Crippen LogP contribution in [0, 0.1) is 13.8 Å². The summed E-state index contributed by atoms with van der Waals surface area (Å²) < 4.78 is 0. The molecule has 2 N–H and O–H groups in total. The largest absolute Gasteiger partial charge is 0.321 e. The predicted molar refractivity (Wildman–Crippen MR) is 164 cm³/mol. The van der Waals surface area contributed by atoms with E-state index in [1.807, 2.05) is 55.6 Å². The van der Waals surface area contributed by atoms with Crippen molar-refractivity contribution in [1.82, 2.24) is 5.32 Å². The molecule has 0 unspecified atom stereocenters. The van der Waals surface area contributed by atoms with Crippen molar-refractivity contribution in [3.8, 4) is 0 Å². The van der Waals surface area contributed by atoms with E-state index in [0.717, 1.165) is 20.9 Å². The third-order valence-corrected chi connectivity index (χ3v) is 8.58. The van der Waals surface area contributed by atoms with Crippen LogP contribution in [-0.4, -0.2) is 28.9 Å². The highest BCUT2D eigenvalue weighted by atomic mass is 32.2. The van der Waals surface area contributed by atoms with Gasteiger partial charge in [-0.25, -0.2) is 4.90 Å². The molecule has 9 heteroatoms. The first-order chi connectivity index (χ1) is 19.8. The van der Waals surface area contributed by atoms with E-state index in [0.29, 0.717) is 16.9 Å². The molecule has 206 valence electrons. The van der Waals surface area contributed by atoms with E-state index in [4.69, 9.17) is 0 Å². The number of nitrogens with zero attached hydrogens (tertiary/aromatic N) is 1. The summed E-state index contributed by atoms with van der Waals surface area (Å²) in [4.78, 5) is 54.9. The molecule has 0 saturated carbocycles. The van der Waals surface area contributed by atoms with Crippen molar-refractivity contribution in [2.75, 3.05) is 10.2 Å². The molecule has 3 aromatic carbocycles. The molecule has 7 nitrogen and oxygen atoms in total. The monoisotopic (exact) mass is 581 g/mol. The van der Waals surface area contributed by atoms with Crippen LogP contribution in [0.15, 0.2) is 101 Å². The molecule has 2 heterocycles. The van der Waals surface area contributed by atoms with Gasteiger partial charge in [-0.1, -0.05) is 36.4 Å². The lowest BCUT2D eigenvalue weighted by Crippen LogP contribution is -2.31. The van der Waals surface area contributed by atoms with Gasteiger partial charge in [-0.2, -0.15) is 0 Å². The van der Waals surface area contributed by atoms with Crippen molar-refractivity contribution in [1.29, 1.82) is 0 Å². The molecule has 5 rings (SSSR count). The molecule has 0 aliphatic carbocycles. The highest BCUT2D eigenvalue weighted by Crippen LogP contribution is 2.35. The van der Waals surface area contributed by atoms with E-state index in [1.165, 1.54) is 28.0 Å². The number of rotatable bonds is 8. The van der Waals surface area contributed by atoms with Crippen molar-refractivity contribution >= 4 is 64.2 Å². The molecule has 0 bridgehead atoms. The molecule has 1 saturated heterocycles. The van der Waals surface area contributed by atoms with Gasteiger partial charge in [-0.05, 0) is 85.0 Å². The Bertz CT molecular complexity index is 1650. The number of amides is 4. The fourth-order valence-electron chi connectivity index (χ4n) is 4.30. The van der Waals surface area contributed by atoms with Gasteiger partial charge in [0.25, 0.3) is 11.8 Å². The lowest BCUT2D eigenvalue weighted by Gasteiger charge is -2.16. The highest BCUT2D eigenvalue weighted by Gasteiger charge is 2.40. The van der Waals surface area contributed by atoms with Crippen LogP contribution >= 0.6 is 23.1 Å². The summed E-state index contributed by atoms with van der Waals surface area (Å²) in [6.07, 6.45) is 1.72. The summed E-state index contributed by atoms with van der Waals surface area (Å²) in [5.74, 6) is -1.39. The van der Waals surface area contributed by atoms with Crippen LogP contribution in [0.2, 0.25) is 0 Å². The highest BCUT2D eigenvalue weighted by molar-refractivity contribution is 8.00. The zero-order chi connectivity index (χ0) is 28.9. The number of benzene rings is 3. The quantitative estimate of drug-likeness (QED) is 0.191. The van der Waals surface area contributed by atoms with Crippen molar-refractivity contribution < 1.29 is 19.2 Å². The van der Waals surface area contributed by atoms with Gasteiger partial charge in [-0.3, -0.25) is 19.2 Å². The second-order valence-electron chi connectivity index (χ2n) is 9.52. The average molecular weight is 582 g/mol. The number of hydrogen-bond donors (Lipinski definition) is 2. The Kier molecular flexibility index (Phi) is 8.47. The molecule has 1 aliphatic rings. The summed E-state index contributed by atoms with van der Waals surface area (Å²) in [5, 5.41) is 6.89. The fourth-order valence-corrected chi connectivity index (χ4v) is 6.07. The summed E-state index contributed by atoms with van der Waals surface area (Å²) in [5.41, 5.74) is 3.70. The lowest BCUT2D eigenvalue weighted by molar-refractivity contribution is -0.121. The normalized spacial score (nSPS) is 15.2. The topological polar surface area (TPSA) is 95.6 Å². The average Bonchev–Trinajstić information content (AvgIpc) is 3.57. The maximum absolute atomic E-state index is 13.3. The Balaban J connectivity index is 1.30. The third kappa shape index (κ3) is 6.65. The second kappa shape index (κ2) is 12.4. The molecule has 0 spiro atoms. The van der Waals surface area contributed by atoms with E-state index in [-0.39, 0.29) is 23.9 Å². The number of aryl methyl sites for hydroxylation is 2. The Morgan fingerprint density at radius 1 is 0.927 bits per heavy atom. The first-order valence-corrected chi connectivity index (χ1v) is 14.7. The molecule has 1 aromatic heterocycles. The predicted octanol–water partition coefficient (Wildman–Crippen LogP) is 6.20. The standard InChI is InChI=1S/C32H27N3O4S2/c1-20-13-14-24(16-21(20)2)35-29(36)19-28(32(35)39)41-26-11-6-10-23(17-26)33-31(38)27(18-25-12-7-15-40-25)34-30(37)22-8-4-3-5-9-22/h3-18,28H,19H2,1-2H3,(H,33,38)(H,34,37)/b27-18-/t28-/m0/s1. The number of anilines is 2. The molecule has 4 amide bonds. The molecule has 0 radical (unpaired) electrons. The van der Waals surface area contributed by atoms with E-state index >= 15 is 0 Å². The third-order valence-electron chi connectivity index (χ3n) is 6.58. The van der Waals surface area contributed by atoms with Gasteiger partial charge >= 0.3 is 0 Å². The SMILES string of the molecule is Cc1ccc(N2C(=O)C[C@H](Sc3cccc(NC(=O)/C(=C/c4cccs4)NC(=O)c4ccccc4)c3)C2=O)cc1C. The summed E-state index contributed by atoms with van der Waals surface area (Å²) in [6.45, 7) is 3.93. The Morgan fingerprint density at radius 2 is 1.73 bits per heavy atom. The van der Waals surface area contributed by atoms with Crippen LogP contribution in [0.4, 0.5) is 11.4 Å². The van der Waals surface area contributed by atoms with Gasteiger partial charge in [0.15, 0.2) is 0 Å². The second-order valence-corrected chi connectivity index (χ2v) is 11.8. The van der Waals surface area contributed by atoms with E-state index < -0.39 is 17.1 Å². The minimum atomic E-state index is -0.575. The molecule has 4 aromatic rings. The number of carbonyl (C=O) groups excluding carboxylic acids is 4. The Morgan fingerprint density at radius 3 is 2.46 bits per heavy atom. The molecule has 1 aliphatic heterocycles. The van der Waals surface area contributed by atoms with Crippen LogP contribution in [-0.2, 0) is 14.4 Å². The van der Waals surface area contributed by atoms with Gasteiger partial charge in [0.05, 0.1) is 10.9 Å². The molecule has 1 atom stereocenters. The minimum Gasteiger partial charge on any atom is -0.321 e. The van der Waals surface area contributed by atoms with Crippen LogP contribution in [0.1, 0.15) is 32.8 Å². The number of thioether (sulfide) groups is 1. The van der Waals surface area contributed by atoms with Gasteiger partial charge in [0, 0.05) is 27.4 Å². The van der Waals surface area contributed by atoms with Crippen LogP contribution in [0.3, 0.4) is 0 Å². The maximum atomic E-state index is 13.3. The molecule has 41 heavy (non-hydrogen) atoms. The van der Waals surface area contributed by atoms with Gasteiger partial charge < -0.3 is 10.6 Å². The smallest absolute Gasteiger partial charge is 0.272 e. The first kappa shape index (κ1) is 28.1. The summed E-state index contributed by atoms with van der Waals surface area (Å²) >= 11 is 2.73. The fraction of sp³-hybridized carbons (Fsp3) is 0.125. The van der Waals surface area contributed by atoms with Crippen molar-refractivity contribution in [2.24, 2.45) is 0 Å². The molecule has 1 fully saturated rings. The summed E-state index contributed by atoms with van der Waals surface area (Å²) in [6, 6.07) is 25.0. The van der Waals surface area contributed by atoms with E-state index in [2.05, 4.69) is 10.6 Å². The minimum absolute atomic E-state index is 0.0895. The van der Waals surface area contributed by atoms with Crippen LogP contribution in [0.5, 0.6) is 0 Å². The van der Waals surface area contributed by atoms with Crippen molar-refractivity contribution in [3.05, 3.63) is 118 Å². The van der Waals surface area contributed by atoms with E-state index in [1.54, 1.807) is 54.6 Å². The lowest BCUT2D eigenvalue weighted by atomic mass is 10.1.